The Bertz CT molecular complexity index is 192. The van der Waals surface area contributed by atoms with Gasteiger partial charge in [-0.3, -0.25) is 0 Å². The van der Waals surface area contributed by atoms with E-state index in [4.69, 9.17) is 0 Å². The van der Waals surface area contributed by atoms with Crippen LogP contribution in [0.2, 0.25) is 0 Å². The van der Waals surface area contributed by atoms with Gasteiger partial charge >= 0.3 is 0 Å². The van der Waals surface area contributed by atoms with Crippen molar-refractivity contribution in [3.05, 3.63) is 0 Å². The Hall–Kier alpha value is -0.0400. The number of rotatable bonds is 5. The van der Waals surface area contributed by atoms with Crippen LogP contribution in [0.15, 0.2) is 0 Å². The van der Waals surface area contributed by atoms with E-state index in [9.17, 15) is 0 Å². The van der Waals surface area contributed by atoms with Gasteiger partial charge in [-0.05, 0) is 50.0 Å². The first-order valence-corrected chi connectivity index (χ1v) is 7.77. The van der Waals surface area contributed by atoms with E-state index in [1.54, 1.807) is 0 Å². The molecule has 1 N–H and O–H groups in total. The molecule has 0 heterocycles. The van der Waals surface area contributed by atoms with Crippen LogP contribution >= 0.6 is 0 Å². The summed E-state index contributed by atoms with van der Waals surface area (Å²) < 4.78 is 0. The highest BCUT2D eigenvalue weighted by molar-refractivity contribution is 4.81. The van der Waals surface area contributed by atoms with E-state index in [2.05, 4.69) is 33.0 Å². The Labute approximate surface area is 109 Å². The molecule has 1 aliphatic rings. The third kappa shape index (κ3) is 5.90. The molecular weight excluding hydrogens is 206 g/mol. The van der Waals surface area contributed by atoms with Crippen LogP contribution in [0, 0.1) is 11.3 Å². The summed E-state index contributed by atoms with van der Waals surface area (Å²) in [6, 6.07) is 0.805. The fourth-order valence-electron chi connectivity index (χ4n) is 3.05. The second-order valence-electron chi connectivity index (χ2n) is 6.93. The molecule has 2 atom stereocenters. The van der Waals surface area contributed by atoms with E-state index >= 15 is 0 Å². The summed E-state index contributed by atoms with van der Waals surface area (Å²) in [5.41, 5.74) is 0.511. The van der Waals surface area contributed by atoms with Crippen molar-refractivity contribution in [2.45, 2.75) is 85.1 Å². The summed E-state index contributed by atoms with van der Waals surface area (Å²) in [5, 5.41) is 3.77. The van der Waals surface area contributed by atoms with Crippen molar-refractivity contribution >= 4 is 0 Å². The molecule has 1 aliphatic carbocycles. The van der Waals surface area contributed by atoms with E-state index in [0.717, 1.165) is 12.0 Å². The summed E-state index contributed by atoms with van der Waals surface area (Å²) >= 11 is 0. The zero-order valence-electron chi connectivity index (χ0n) is 12.5. The first-order chi connectivity index (χ1) is 8.04. The summed E-state index contributed by atoms with van der Waals surface area (Å²) in [5.74, 6) is 0.935. The third-order valence-electron chi connectivity index (χ3n) is 4.41. The van der Waals surface area contributed by atoms with Gasteiger partial charge in [0, 0.05) is 6.04 Å². The molecule has 1 heteroatoms. The fourth-order valence-corrected chi connectivity index (χ4v) is 3.05. The second-order valence-corrected chi connectivity index (χ2v) is 6.93. The van der Waals surface area contributed by atoms with Gasteiger partial charge in [0.15, 0.2) is 0 Å². The maximum absolute atomic E-state index is 3.77. The molecule has 17 heavy (non-hydrogen) atoms. The van der Waals surface area contributed by atoms with E-state index < -0.39 is 0 Å². The molecule has 1 rings (SSSR count). The predicted molar refractivity (Wildman–Crippen MR) is 77.3 cm³/mol. The highest BCUT2D eigenvalue weighted by Crippen LogP contribution is 2.36. The van der Waals surface area contributed by atoms with E-state index in [1.165, 1.54) is 57.9 Å². The van der Waals surface area contributed by atoms with Crippen LogP contribution < -0.4 is 5.32 Å². The lowest BCUT2D eigenvalue weighted by Gasteiger charge is -2.29. The van der Waals surface area contributed by atoms with Crippen LogP contribution in [0.1, 0.15) is 79.1 Å². The van der Waals surface area contributed by atoms with Crippen LogP contribution in [0.25, 0.3) is 0 Å². The van der Waals surface area contributed by atoms with Gasteiger partial charge in [0.2, 0.25) is 0 Å². The van der Waals surface area contributed by atoms with Crippen molar-refractivity contribution in [3.63, 3.8) is 0 Å². The molecule has 0 aromatic carbocycles. The predicted octanol–water partition coefficient (Wildman–Crippen LogP) is 4.76. The first kappa shape index (κ1) is 15.0. The molecule has 102 valence electrons. The fraction of sp³-hybridized carbons (Fsp3) is 1.00. The minimum Gasteiger partial charge on any atom is -0.314 e. The van der Waals surface area contributed by atoms with Crippen LogP contribution in [0.4, 0.5) is 0 Å². The van der Waals surface area contributed by atoms with Crippen LogP contribution in [-0.2, 0) is 0 Å². The Balaban J connectivity index is 2.23. The molecule has 0 radical (unpaired) electrons. The van der Waals surface area contributed by atoms with E-state index in [0.29, 0.717) is 5.41 Å². The largest absolute Gasteiger partial charge is 0.314 e. The van der Waals surface area contributed by atoms with Crippen molar-refractivity contribution in [1.82, 2.24) is 5.32 Å². The van der Waals surface area contributed by atoms with Gasteiger partial charge in [0.25, 0.3) is 0 Å². The quantitative estimate of drug-likeness (QED) is 0.539. The zero-order valence-corrected chi connectivity index (χ0v) is 12.5. The number of nitrogens with one attached hydrogen (secondary N) is 1. The normalized spacial score (nSPS) is 26.8. The first-order valence-electron chi connectivity index (χ1n) is 7.77. The lowest BCUT2D eigenvalue weighted by Crippen LogP contribution is -2.29. The molecule has 1 fully saturated rings. The highest BCUT2D eigenvalue weighted by Gasteiger charge is 2.27. The Kier molecular flexibility index (Phi) is 6.54. The van der Waals surface area contributed by atoms with Gasteiger partial charge in [-0.1, -0.05) is 47.0 Å². The minimum atomic E-state index is 0.511. The standard InChI is InChI=1S/C16H33N/c1-5-6-7-13-17-15-10-8-9-14(11-12-15)16(2,3)4/h14-15,17H,5-13H2,1-4H3. The van der Waals surface area contributed by atoms with Crippen molar-refractivity contribution in [2.24, 2.45) is 11.3 Å². The summed E-state index contributed by atoms with van der Waals surface area (Å²) in [4.78, 5) is 0. The Morgan fingerprint density at radius 3 is 2.41 bits per heavy atom. The Morgan fingerprint density at radius 1 is 1.00 bits per heavy atom. The van der Waals surface area contributed by atoms with Gasteiger partial charge in [0.05, 0.1) is 0 Å². The second kappa shape index (κ2) is 7.41. The molecule has 0 aromatic rings. The Morgan fingerprint density at radius 2 is 1.76 bits per heavy atom. The van der Waals surface area contributed by atoms with Crippen molar-refractivity contribution in [2.75, 3.05) is 6.54 Å². The average Bonchev–Trinajstić information content (AvgIpc) is 2.49. The molecular formula is C16H33N. The third-order valence-corrected chi connectivity index (χ3v) is 4.41. The van der Waals surface area contributed by atoms with Crippen molar-refractivity contribution < 1.29 is 0 Å². The maximum Gasteiger partial charge on any atom is 0.00671 e. The van der Waals surface area contributed by atoms with Crippen LogP contribution in [0.3, 0.4) is 0 Å². The topological polar surface area (TPSA) is 12.0 Å². The van der Waals surface area contributed by atoms with Crippen molar-refractivity contribution in [1.29, 1.82) is 0 Å². The monoisotopic (exact) mass is 239 g/mol. The smallest absolute Gasteiger partial charge is 0.00671 e. The van der Waals surface area contributed by atoms with Crippen LogP contribution in [0.5, 0.6) is 0 Å². The molecule has 1 nitrogen and oxygen atoms in total. The van der Waals surface area contributed by atoms with Crippen LogP contribution in [-0.4, -0.2) is 12.6 Å². The molecule has 0 amide bonds. The molecule has 2 unspecified atom stereocenters. The SMILES string of the molecule is CCCCCNC1CCCC(C(C)(C)C)CC1. The van der Waals surface area contributed by atoms with E-state index in [-0.39, 0.29) is 0 Å². The zero-order chi connectivity index (χ0) is 12.7. The lowest BCUT2D eigenvalue weighted by atomic mass is 9.76. The summed E-state index contributed by atoms with van der Waals surface area (Å²) in [7, 11) is 0. The molecule has 0 aliphatic heterocycles. The van der Waals surface area contributed by atoms with Gasteiger partial charge in [-0.25, -0.2) is 0 Å². The lowest BCUT2D eigenvalue weighted by molar-refractivity contribution is 0.213. The molecule has 0 aromatic heterocycles. The van der Waals surface area contributed by atoms with Gasteiger partial charge in [-0.15, -0.1) is 0 Å². The van der Waals surface area contributed by atoms with E-state index in [1.807, 2.05) is 0 Å². The summed E-state index contributed by atoms with van der Waals surface area (Å²) in [6.45, 7) is 10.7. The summed E-state index contributed by atoms with van der Waals surface area (Å²) in [6.07, 6.45) is 11.2. The maximum atomic E-state index is 3.77. The van der Waals surface area contributed by atoms with Gasteiger partial charge in [0.1, 0.15) is 0 Å². The minimum absolute atomic E-state index is 0.511. The molecule has 0 saturated heterocycles. The van der Waals surface area contributed by atoms with Gasteiger partial charge < -0.3 is 5.32 Å². The highest BCUT2D eigenvalue weighted by atomic mass is 14.9. The van der Waals surface area contributed by atoms with Gasteiger partial charge in [-0.2, -0.15) is 0 Å². The number of unbranched alkanes of at least 4 members (excludes halogenated alkanes) is 2. The molecule has 1 saturated carbocycles. The number of hydrogen-bond donors (Lipinski definition) is 1. The van der Waals surface area contributed by atoms with Crippen molar-refractivity contribution in [3.8, 4) is 0 Å². The molecule has 0 bridgehead atoms. The molecule has 0 spiro atoms. The average molecular weight is 239 g/mol. The number of hydrogen-bond acceptors (Lipinski definition) is 1.